The van der Waals surface area contributed by atoms with Crippen LogP contribution >= 0.6 is 0 Å². The predicted molar refractivity (Wildman–Crippen MR) is 84.7 cm³/mol. The number of benzene rings is 2. The summed E-state index contributed by atoms with van der Waals surface area (Å²) in [4.78, 5) is 34.6. The number of ether oxygens (including phenoxy) is 1. The number of carbonyl (C=O) groups is 2. The topological polar surface area (TPSA) is 107 Å². The molecule has 2 rings (SSSR count). The Morgan fingerprint density at radius 3 is 2.21 bits per heavy atom. The van der Waals surface area contributed by atoms with Crippen LogP contribution in [0.2, 0.25) is 0 Å². The van der Waals surface area contributed by atoms with Crippen LogP contribution in [0.1, 0.15) is 15.9 Å². The van der Waals surface area contributed by atoms with Crippen molar-refractivity contribution in [2.75, 3.05) is 7.11 Å². The minimum absolute atomic E-state index is 0.0788. The van der Waals surface area contributed by atoms with E-state index in [0.717, 1.165) is 0 Å². The zero-order valence-electron chi connectivity index (χ0n) is 12.8. The third kappa shape index (κ3) is 3.95. The molecular weight excluding hydrogens is 314 g/mol. The molecule has 2 aromatic rings. The molecule has 7 nitrogen and oxygen atoms in total. The lowest BCUT2D eigenvalue weighted by atomic mass is 9.91. The predicted octanol–water partition coefficient (Wildman–Crippen LogP) is 2.52. The summed E-state index contributed by atoms with van der Waals surface area (Å²) in [7, 11) is 1.19. The van der Waals surface area contributed by atoms with Crippen LogP contribution in [0.25, 0.3) is 0 Å². The summed E-state index contributed by atoms with van der Waals surface area (Å²) < 4.78 is 4.70. The normalized spacial score (nSPS) is 11.5. The Labute approximate surface area is 137 Å². The number of Topliss-reactive ketones (excluding diaryl/α,β-unsaturated/α-hetero) is 1. The third-order valence-electron chi connectivity index (χ3n) is 3.54. The van der Waals surface area contributed by atoms with Crippen molar-refractivity contribution in [2.24, 2.45) is 5.92 Å². The summed E-state index contributed by atoms with van der Waals surface area (Å²) in [6.07, 6.45) is 0.1000. The number of phenolic OH excluding ortho intramolecular Hbond substituents is 1. The van der Waals surface area contributed by atoms with Crippen LogP contribution in [0.5, 0.6) is 5.75 Å². The second-order valence-electron chi connectivity index (χ2n) is 5.11. The van der Waals surface area contributed by atoms with Gasteiger partial charge < -0.3 is 9.84 Å². The average molecular weight is 329 g/mol. The van der Waals surface area contributed by atoms with Gasteiger partial charge in [-0.25, -0.2) is 0 Å². The number of carbonyl (C=O) groups excluding carboxylic acids is 2. The van der Waals surface area contributed by atoms with Gasteiger partial charge in [-0.05, 0) is 36.2 Å². The summed E-state index contributed by atoms with van der Waals surface area (Å²) in [6.45, 7) is 0. The first-order valence-electron chi connectivity index (χ1n) is 7.06. The molecule has 0 saturated heterocycles. The highest BCUT2D eigenvalue weighted by Gasteiger charge is 2.29. The molecule has 1 unspecified atom stereocenters. The smallest absolute Gasteiger partial charge is 0.316 e. The van der Waals surface area contributed by atoms with Crippen LogP contribution in [0.3, 0.4) is 0 Å². The van der Waals surface area contributed by atoms with E-state index in [4.69, 9.17) is 4.74 Å². The van der Waals surface area contributed by atoms with E-state index in [9.17, 15) is 24.8 Å². The molecule has 0 heterocycles. The number of methoxy groups -OCH3 is 1. The Hall–Kier alpha value is -3.22. The van der Waals surface area contributed by atoms with Gasteiger partial charge in [0.25, 0.3) is 5.69 Å². The molecule has 0 saturated carbocycles. The molecule has 1 atom stereocenters. The third-order valence-corrected chi connectivity index (χ3v) is 3.54. The lowest BCUT2D eigenvalue weighted by molar-refractivity contribution is -0.384. The van der Waals surface area contributed by atoms with E-state index in [1.807, 2.05) is 0 Å². The van der Waals surface area contributed by atoms with Gasteiger partial charge in [-0.3, -0.25) is 19.7 Å². The van der Waals surface area contributed by atoms with E-state index in [-0.39, 0.29) is 23.4 Å². The Morgan fingerprint density at radius 1 is 1.12 bits per heavy atom. The molecule has 0 aliphatic carbocycles. The summed E-state index contributed by atoms with van der Waals surface area (Å²) in [5, 5.41) is 20.0. The van der Waals surface area contributed by atoms with Crippen molar-refractivity contribution in [1.82, 2.24) is 0 Å². The summed E-state index contributed by atoms with van der Waals surface area (Å²) >= 11 is 0. The Bertz CT molecular complexity index is 752. The van der Waals surface area contributed by atoms with Gasteiger partial charge >= 0.3 is 5.97 Å². The van der Waals surface area contributed by atoms with Crippen LogP contribution in [0, 0.1) is 16.0 Å². The quantitative estimate of drug-likeness (QED) is 0.287. The van der Waals surface area contributed by atoms with Crippen LogP contribution in [-0.2, 0) is 16.0 Å². The van der Waals surface area contributed by atoms with Gasteiger partial charge in [0.2, 0.25) is 0 Å². The van der Waals surface area contributed by atoms with Gasteiger partial charge in [-0.1, -0.05) is 12.1 Å². The van der Waals surface area contributed by atoms with Crippen molar-refractivity contribution in [3.8, 4) is 5.75 Å². The molecule has 24 heavy (non-hydrogen) atoms. The van der Waals surface area contributed by atoms with E-state index in [2.05, 4.69) is 0 Å². The molecule has 0 bridgehead atoms. The first-order chi connectivity index (χ1) is 11.4. The lowest BCUT2D eigenvalue weighted by Gasteiger charge is -2.14. The fraction of sp³-hybridized carbons (Fsp3) is 0.176. The van der Waals surface area contributed by atoms with E-state index in [0.29, 0.717) is 5.56 Å². The second kappa shape index (κ2) is 7.36. The first-order valence-corrected chi connectivity index (χ1v) is 7.06. The SMILES string of the molecule is COC(=O)C(Cc1ccc(O)cc1)C(=O)c1ccc([N+](=O)[O-])cc1. The average Bonchev–Trinajstić information content (AvgIpc) is 2.60. The van der Waals surface area contributed by atoms with Gasteiger partial charge in [-0.15, -0.1) is 0 Å². The van der Waals surface area contributed by atoms with E-state index in [1.54, 1.807) is 12.1 Å². The summed E-state index contributed by atoms with van der Waals surface area (Å²) in [5.41, 5.74) is 0.730. The maximum absolute atomic E-state index is 12.6. The molecule has 1 N–H and O–H groups in total. The van der Waals surface area contributed by atoms with E-state index < -0.39 is 22.6 Å². The monoisotopic (exact) mass is 329 g/mol. The van der Waals surface area contributed by atoms with Crippen molar-refractivity contribution in [3.05, 3.63) is 69.8 Å². The first kappa shape index (κ1) is 17.1. The van der Waals surface area contributed by atoms with Crippen molar-refractivity contribution in [1.29, 1.82) is 0 Å². The van der Waals surface area contributed by atoms with E-state index in [1.165, 1.54) is 43.5 Å². The van der Waals surface area contributed by atoms with E-state index >= 15 is 0 Å². The molecule has 0 amide bonds. The Balaban J connectivity index is 2.26. The Morgan fingerprint density at radius 2 is 1.71 bits per heavy atom. The molecule has 0 spiro atoms. The highest BCUT2D eigenvalue weighted by molar-refractivity contribution is 6.08. The van der Waals surface area contributed by atoms with Crippen molar-refractivity contribution >= 4 is 17.4 Å². The van der Waals surface area contributed by atoms with Crippen LogP contribution in [0.15, 0.2) is 48.5 Å². The molecule has 0 aliphatic rings. The molecular formula is C17H15NO6. The number of esters is 1. The fourth-order valence-electron chi connectivity index (χ4n) is 2.24. The highest BCUT2D eigenvalue weighted by Crippen LogP contribution is 2.20. The molecule has 0 radical (unpaired) electrons. The van der Waals surface area contributed by atoms with Gasteiger partial charge in [0.1, 0.15) is 11.7 Å². The van der Waals surface area contributed by atoms with Crippen LogP contribution < -0.4 is 0 Å². The van der Waals surface area contributed by atoms with Crippen molar-refractivity contribution < 1.29 is 24.4 Å². The van der Waals surface area contributed by atoms with Gasteiger partial charge in [0, 0.05) is 17.7 Å². The number of hydrogen-bond acceptors (Lipinski definition) is 6. The zero-order chi connectivity index (χ0) is 17.7. The highest BCUT2D eigenvalue weighted by atomic mass is 16.6. The van der Waals surface area contributed by atoms with Crippen LogP contribution in [0.4, 0.5) is 5.69 Å². The lowest BCUT2D eigenvalue weighted by Crippen LogP contribution is -2.27. The van der Waals surface area contributed by atoms with Crippen molar-refractivity contribution in [2.45, 2.75) is 6.42 Å². The zero-order valence-corrected chi connectivity index (χ0v) is 12.8. The second-order valence-corrected chi connectivity index (χ2v) is 5.11. The maximum Gasteiger partial charge on any atom is 0.316 e. The number of nitro benzene ring substituents is 1. The number of nitrogens with zero attached hydrogens (tertiary/aromatic N) is 1. The van der Waals surface area contributed by atoms with Crippen LogP contribution in [-0.4, -0.2) is 28.9 Å². The number of ketones is 1. The van der Waals surface area contributed by atoms with Gasteiger partial charge in [0.05, 0.1) is 12.0 Å². The largest absolute Gasteiger partial charge is 0.508 e. The molecule has 2 aromatic carbocycles. The van der Waals surface area contributed by atoms with Gasteiger partial charge in [0.15, 0.2) is 5.78 Å². The molecule has 0 fully saturated rings. The molecule has 0 aliphatic heterocycles. The summed E-state index contributed by atoms with van der Waals surface area (Å²) in [6, 6.07) is 11.2. The Kier molecular flexibility index (Phi) is 5.26. The number of phenols is 1. The van der Waals surface area contributed by atoms with Gasteiger partial charge in [-0.2, -0.15) is 0 Å². The molecule has 124 valence electrons. The number of aromatic hydroxyl groups is 1. The standard InChI is InChI=1S/C17H15NO6/c1-24-17(21)15(10-11-2-8-14(19)9-3-11)16(20)12-4-6-13(7-5-12)18(22)23/h2-9,15,19H,10H2,1H3. The fourth-order valence-corrected chi connectivity index (χ4v) is 2.24. The number of rotatable bonds is 6. The molecule has 7 heteroatoms. The molecule has 0 aromatic heterocycles. The maximum atomic E-state index is 12.6. The van der Waals surface area contributed by atoms with Crippen molar-refractivity contribution in [3.63, 3.8) is 0 Å². The number of non-ortho nitro benzene ring substituents is 1. The number of hydrogen-bond donors (Lipinski definition) is 1. The minimum Gasteiger partial charge on any atom is -0.508 e. The summed E-state index contributed by atoms with van der Waals surface area (Å²) in [5.74, 6) is -2.16. The number of nitro groups is 1. The minimum atomic E-state index is -1.07.